The Balaban J connectivity index is 1.88. The van der Waals surface area contributed by atoms with Crippen molar-refractivity contribution >= 4 is 22.6 Å². The fraction of sp³-hybridized carbons (Fsp3) is 0.200. The van der Waals surface area contributed by atoms with Gasteiger partial charge in [-0.15, -0.1) is 0 Å². The third-order valence-corrected chi connectivity index (χ3v) is 3.54. The van der Waals surface area contributed by atoms with Crippen molar-refractivity contribution in [3.63, 3.8) is 0 Å². The highest BCUT2D eigenvalue weighted by molar-refractivity contribution is 14.1. The Morgan fingerprint density at radius 3 is 2.35 bits per heavy atom. The van der Waals surface area contributed by atoms with Gasteiger partial charge < -0.3 is 5.32 Å². The maximum atomic E-state index is 3.48. The van der Waals surface area contributed by atoms with Gasteiger partial charge in [-0.05, 0) is 58.3 Å². The maximum Gasteiger partial charge on any atom is 0.0211 e. The van der Waals surface area contributed by atoms with Gasteiger partial charge in [0.25, 0.3) is 0 Å². The zero-order valence-electron chi connectivity index (χ0n) is 9.91. The Morgan fingerprint density at radius 1 is 0.941 bits per heavy atom. The van der Waals surface area contributed by atoms with Crippen LogP contribution in [0.3, 0.4) is 0 Å². The highest BCUT2D eigenvalue weighted by atomic mass is 127. The first-order chi connectivity index (χ1) is 8.25. The van der Waals surface area contributed by atoms with Gasteiger partial charge in [-0.25, -0.2) is 0 Å². The molecule has 0 aliphatic heterocycles. The largest absolute Gasteiger partial charge is 0.309 e. The van der Waals surface area contributed by atoms with E-state index in [1.54, 1.807) is 0 Å². The average Bonchev–Trinajstić information content (AvgIpc) is 2.34. The van der Waals surface area contributed by atoms with Gasteiger partial charge in [-0.3, -0.25) is 0 Å². The number of hydrogen-bond acceptors (Lipinski definition) is 1. The molecule has 0 bridgehead atoms. The lowest BCUT2D eigenvalue weighted by molar-refractivity contribution is 0.690. The van der Waals surface area contributed by atoms with E-state index in [2.05, 4.69) is 83.4 Å². The topological polar surface area (TPSA) is 12.0 Å². The summed E-state index contributed by atoms with van der Waals surface area (Å²) in [5, 5.41) is 3.48. The Hall–Kier alpha value is -0.870. The van der Waals surface area contributed by atoms with E-state index in [0.717, 1.165) is 13.1 Å². The molecule has 0 fully saturated rings. The van der Waals surface area contributed by atoms with Crippen LogP contribution in [0.15, 0.2) is 48.5 Å². The van der Waals surface area contributed by atoms with Gasteiger partial charge in [0.1, 0.15) is 0 Å². The van der Waals surface area contributed by atoms with Gasteiger partial charge in [0.2, 0.25) is 0 Å². The number of rotatable bonds is 4. The van der Waals surface area contributed by atoms with Crippen molar-refractivity contribution in [3.05, 3.63) is 68.8 Å². The fourth-order valence-electron chi connectivity index (χ4n) is 1.75. The molecule has 2 rings (SSSR count). The Kier molecular flexibility index (Phi) is 4.57. The second-order valence-corrected chi connectivity index (χ2v) is 5.40. The van der Waals surface area contributed by atoms with E-state index in [9.17, 15) is 0 Å². The van der Waals surface area contributed by atoms with E-state index >= 15 is 0 Å². The van der Waals surface area contributed by atoms with E-state index in [0.29, 0.717) is 0 Å². The van der Waals surface area contributed by atoms with E-state index < -0.39 is 0 Å². The second kappa shape index (κ2) is 6.17. The zero-order chi connectivity index (χ0) is 12.1. The molecule has 0 aliphatic rings. The molecule has 1 nitrogen and oxygen atoms in total. The molecular weight excluding hydrogens is 321 g/mol. The van der Waals surface area contributed by atoms with Crippen LogP contribution in [0.2, 0.25) is 0 Å². The van der Waals surface area contributed by atoms with Crippen molar-refractivity contribution in [2.24, 2.45) is 0 Å². The summed E-state index contributed by atoms with van der Waals surface area (Å²) in [5.74, 6) is 0. The fourth-order valence-corrected chi connectivity index (χ4v) is 2.11. The number of hydrogen-bond donors (Lipinski definition) is 1. The minimum absolute atomic E-state index is 0.922. The van der Waals surface area contributed by atoms with Crippen LogP contribution in [0.5, 0.6) is 0 Å². The number of nitrogens with one attached hydrogen (secondary N) is 1. The molecule has 17 heavy (non-hydrogen) atoms. The van der Waals surface area contributed by atoms with E-state index in [4.69, 9.17) is 0 Å². The predicted octanol–water partition coefficient (Wildman–Crippen LogP) is 3.89. The van der Waals surface area contributed by atoms with Crippen molar-refractivity contribution in [2.75, 3.05) is 0 Å². The summed E-state index contributed by atoms with van der Waals surface area (Å²) in [4.78, 5) is 0. The average molecular weight is 337 g/mol. The van der Waals surface area contributed by atoms with Crippen molar-refractivity contribution in [3.8, 4) is 0 Å². The highest BCUT2D eigenvalue weighted by Crippen LogP contribution is 2.08. The van der Waals surface area contributed by atoms with Crippen LogP contribution in [-0.4, -0.2) is 0 Å². The first kappa shape index (κ1) is 12.6. The lowest BCUT2D eigenvalue weighted by atomic mass is 10.1. The van der Waals surface area contributed by atoms with Crippen LogP contribution in [0, 0.1) is 10.5 Å². The molecule has 88 valence electrons. The first-order valence-corrected chi connectivity index (χ1v) is 6.83. The molecule has 0 amide bonds. The quantitative estimate of drug-likeness (QED) is 0.835. The SMILES string of the molecule is Cc1ccccc1CNCc1ccc(I)cc1. The molecule has 0 aromatic heterocycles. The molecule has 0 saturated carbocycles. The second-order valence-electron chi connectivity index (χ2n) is 4.16. The molecule has 0 spiro atoms. The van der Waals surface area contributed by atoms with Gasteiger partial charge in [0.05, 0.1) is 0 Å². The molecule has 0 atom stereocenters. The normalized spacial score (nSPS) is 10.5. The summed E-state index contributed by atoms with van der Waals surface area (Å²) in [7, 11) is 0. The summed E-state index contributed by atoms with van der Waals surface area (Å²) in [5.41, 5.74) is 4.06. The van der Waals surface area contributed by atoms with Crippen LogP contribution in [-0.2, 0) is 13.1 Å². The summed E-state index contributed by atoms with van der Waals surface area (Å²) in [6.07, 6.45) is 0. The van der Waals surface area contributed by atoms with Gasteiger partial charge in [-0.1, -0.05) is 36.4 Å². The number of aryl methyl sites for hydroxylation is 1. The van der Waals surface area contributed by atoms with Crippen LogP contribution < -0.4 is 5.32 Å². The van der Waals surface area contributed by atoms with Crippen molar-refractivity contribution in [2.45, 2.75) is 20.0 Å². The van der Waals surface area contributed by atoms with Crippen LogP contribution in [0.1, 0.15) is 16.7 Å². The highest BCUT2D eigenvalue weighted by Gasteiger charge is 1.97. The Bertz CT molecular complexity index is 477. The van der Waals surface area contributed by atoms with Crippen molar-refractivity contribution < 1.29 is 0 Å². The van der Waals surface area contributed by atoms with Gasteiger partial charge >= 0.3 is 0 Å². The molecule has 1 N–H and O–H groups in total. The van der Waals surface area contributed by atoms with Crippen molar-refractivity contribution in [1.29, 1.82) is 0 Å². The summed E-state index contributed by atoms with van der Waals surface area (Å²) in [6.45, 7) is 4.01. The third-order valence-electron chi connectivity index (χ3n) is 2.82. The van der Waals surface area contributed by atoms with Crippen molar-refractivity contribution in [1.82, 2.24) is 5.32 Å². The summed E-state index contributed by atoms with van der Waals surface area (Å²) in [6, 6.07) is 17.1. The monoisotopic (exact) mass is 337 g/mol. The smallest absolute Gasteiger partial charge is 0.0211 e. The molecular formula is C15H16IN. The molecule has 2 aromatic carbocycles. The zero-order valence-corrected chi connectivity index (χ0v) is 12.1. The van der Waals surface area contributed by atoms with Gasteiger partial charge in [0.15, 0.2) is 0 Å². The maximum absolute atomic E-state index is 3.48. The van der Waals surface area contributed by atoms with Crippen LogP contribution in [0.4, 0.5) is 0 Å². The molecule has 0 aliphatic carbocycles. The minimum Gasteiger partial charge on any atom is -0.309 e. The van der Waals surface area contributed by atoms with Crippen LogP contribution in [0.25, 0.3) is 0 Å². The predicted molar refractivity (Wildman–Crippen MR) is 80.9 cm³/mol. The number of halogens is 1. The standard InChI is InChI=1S/C15H16IN/c1-12-4-2-3-5-14(12)11-17-10-13-6-8-15(16)9-7-13/h2-9,17H,10-11H2,1H3. The molecule has 2 heteroatoms. The van der Waals surface area contributed by atoms with E-state index in [-0.39, 0.29) is 0 Å². The van der Waals surface area contributed by atoms with Gasteiger partial charge in [0, 0.05) is 16.7 Å². The third kappa shape index (κ3) is 3.82. The molecule has 0 radical (unpaired) electrons. The Labute approximate surface area is 116 Å². The summed E-state index contributed by atoms with van der Waals surface area (Å²) >= 11 is 2.33. The lowest BCUT2D eigenvalue weighted by Gasteiger charge is -2.07. The molecule has 0 saturated heterocycles. The van der Waals surface area contributed by atoms with E-state index in [1.807, 2.05) is 0 Å². The van der Waals surface area contributed by atoms with E-state index in [1.165, 1.54) is 20.3 Å². The first-order valence-electron chi connectivity index (χ1n) is 5.75. The minimum atomic E-state index is 0.922. The molecule has 0 heterocycles. The molecule has 0 unspecified atom stereocenters. The lowest BCUT2D eigenvalue weighted by Crippen LogP contribution is -2.13. The Morgan fingerprint density at radius 2 is 1.65 bits per heavy atom. The van der Waals surface area contributed by atoms with Gasteiger partial charge in [-0.2, -0.15) is 0 Å². The summed E-state index contributed by atoms with van der Waals surface area (Å²) < 4.78 is 1.28. The number of benzene rings is 2. The van der Waals surface area contributed by atoms with Crippen LogP contribution >= 0.6 is 22.6 Å². The molecule has 2 aromatic rings.